The first-order valence-corrected chi connectivity index (χ1v) is 5.55. The fourth-order valence-corrected chi connectivity index (χ4v) is 2.02. The molecule has 0 spiro atoms. The van der Waals surface area contributed by atoms with Gasteiger partial charge in [-0.05, 0) is 18.9 Å². The Balaban J connectivity index is 1.94. The van der Waals surface area contributed by atoms with E-state index in [0.29, 0.717) is 28.0 Å². The van der Waals surface area contributed by atoms with E-state index in [1.54, 1.807) is 19.4 Å². The lowest BCUT2D eigenvalue weighted by Gasteiger charge is -2.35. The molecule has 1 aromatic heterocycles. The van der Waals surface area contributed by atoms with Crippen molar-refractivity contribution >= 4 is 29.0 Å². The smallest absolute Gasteiger partial charge is 0.145 e. The van der Waals surface area contributed by atoms with Gasteiger partial charge < -0.3 is 10.1 Å². The van der Waals surface area contributed by atoms with Gasteiger partial charge in [-0.2, -0.15) is 0 Å². The predicted octanol–water partition coefficient (Wildman–Crippen LogP) is 2.98. The largest absolute Gasteiger partial charge is 0.381 e. The van der Waals surface area contributed by atoms with Gasteiger partial charge in [-0.15, -0.1) is 0 Å². The van der Waals surface area contributed by atoms with E-state index >= 15 is 0 Å². The molecule has 2 rings (SSSR count). The Hall–Kier alpha value is -0.510. The average Bonchev–Trinajstić information content (AvgIpc) is 2.13. The third kappa shape index (κ3) is 2.54. The molecule has 0 saturated heterocycles. The molecule has 15 heavy (non-hydrogen) atoms. The van der Waals surface area contributed by atoms with Crippen LogP contribution in [0.1, 0.15) is 12.8 Å². The number of methoxy groups -OCH3 is 1. The summed E-state index contributed by atoms with van der Waals surface area (Å²) in [6, 6.07) is 2.09. The molecular formula is C10H12Cl2N2O. The highest BCUT2D eigenvalue weighted by Gasteiger charge is 2.29. The van der Waals surface area contributed by atoms with Crippen LogP contribution < -0.4 is 5.32 Å². The van der Waals surface area contributed by atoms with Crippen molar-refractivity contribution in [3.63, 3.8) is 0 Å². The molecule has 0 bridgehead atoms. The Morgan fingerprint density at radius 2 is 2.20 bits per heavy atom. The summed E-state index contributed by atoms with van der Waals surface area (Å²) in [5.74, 6) is 0.695. The summed E-state index contributed by atoms with van der Waals surface area (Å²) in [6.45, 7) is 0. The number of anilines is 1. The molecule has 1 aliphatic rings. The molecule has 3 nitrogen and oxygen atoms in total. The maximum atomic E-state index is 5.98. The monoisotopic (exact) mass is 246 g/mol. The van der Waals surface area contributed by atoms with Crippen LogP contribution in [-0.4, -0.2) is 24.2 Å². The van der Waals surface area contributed by atoms with Crippen molar-refractivity contribution in [2.24, 2.45) is 0 Å². The summed E-state index contributed by atoms with van der Waals surface area (Å²) in [5.41, 5.74) is 0. The Bertz CT molecular complexity index is 353. The SMILES string of the molecule is COC1CC(Nc2ncc(Cl)cc2Cl)C1. The first-order chi connectivity index (χ1) is 7.19. The van der Waals surface area contributed by atoms with Crippen molar-refractivity contribution in [1.29, 1.82) is 0 Å². The number of aromatic nitrogens is 1. The molecule has 1 fully saturated rings. The molecule has 1 aromatic rings. The maximum Gasteiger partial charge on any atom is 0.145 e. The molecule has 1 heterocycles. The van der Waals surface area contributed by atoms with Crippen molar-refractivity contribution in [2.45, 2.75) is 25.0 Å². The predicted molar refractivity (Wildman–Crippen MR) is 61.7 cm³/mol. The number of hydrogen-bond acceptors (Lipinski definition) is 3. The first-order valence-electron chi connectivity index (χ1n) is 4.79. The van der Waals surface area contributed by atoms with Crippen LogP contribution in [0.3, 0.4) is 0 Å². The Morgan fingerprint density at radius 3 is 2.80 bits per heavy atom. The number of ether oxygens (including phenoxy) is 1. The molecule has 0 aromatic carbocycles. The highest BCUT2D eigenvalue weighted by Crippen LogP contribution is 2.29. The summed E-state index contributed by atoms with van der Waals surface area (Å²) in [4.78, 5) is 4.13. The minimum absolute atomic E-state index is 0.369. The van der Waals surface area contributed by atoms with E-state index in [0.717, 1.165) is 12.8 Å². The van der Waals surface area contributed by atoms with Gasteiger partial charge >= 0.3 is 0 Å². The van der Waals surface area contributed by atoms with E-state index in [1.165, 1.54) is 0 Å². The van der Waals surface area contributed by atoms with Gasteiger partial charge in [0, 0.05) is 19.3 Å². The van der Waals surface area contributed by atoms with Crippen LogP contribution >= 0.6 is 23.2 Å². The number of nitrogens with one attached hydrogen (secondary N) is 1. The van der Waals surface area contributed by atoms with E-state index in [9.17, 15) is 0 Å². The van der Waals surface area contributed by atoms with Crippen molar-refractivity contribution in [3.05, 3.63) is 22.3 Å². The van der Waals surface area contributed by atoms with Gasteiger partial charge in [-0.3, -0.25) is 0 Å². The summed E-state index contributed by atoms with van der Waals surface area (Å²) in [7, 11) is 1.73. The van der Waals surface area contributed by atoms with Gasteiger partial charge in [-0.1, -0.05) is 23.2 Å². The molecule has 1 saturated carbocycles. The molecule has 82 valence electrons. The van der Waals surface area contributed by atoms with Crippen molar-refractivity contribution in [2.75, 3.05) is 12.4 Å². The Labute approximate surface area is 98.7 Å². The second-order valence-electron chi connectivity index (χ2n) is 3.65. The zero-order valence-electron chi connectivity index (χ0n) is 8.34. The van der Waals surface area contributed by atoms with Crippen LogP contribution in [-0.2, 0) is 4.74 Å². The molecule has 0 atom stereocenters. The molecule has 1 aliphatic carbocycles. The maximum absolute atomic E-state index is 5.98. The lowest BCUT2D eigenvalue weighted by atomic mass is 9.89. The Kier molecular flexibility index (Phi) is 3.34. The third-order valence-electron chi connectivity index (χ3n) is 2.58. The summed E-state index contributed by atoms with van der Waals surface area (Å²) in [6.07, 6.45) is 3.95. The van der Waals surface area contributed by atoms with Gasteiger partial charge in [0.2, 0.25) is 0 Å². The van der Waals surface area contributed by atoms with Crippen LogP contribution in [0, 0.1) is 0 Å². The van der Waals surface area contributed by atoms with E-state index in [1.807, 2.05) is 0 Å². The molecular weight excluding hydrogens is 235 g/mol. The van der Waals surface area contributed by atoms with E-state index in [2.05, 4.69) is 10.3 Å². The second-order valence-corrected chi connectivity index (χ2v) is 4.50. The zero-order chi connectivity index (χ0) is 10.8. The normalized spacial score (nSPS) is 24.7. The number of pyridine rings is 1. The summed E-state index contributed by atoms with van der Waals surface area (Å²) >= 11 is 11.7. The lowest BCUT2D eigenvalue weighted by Crippen LogP contribution is -2.40. The van der Waals surface area contributed by atoms with Gasteiger partial charge in [0.1, 0.15) is 5.82 Å². The average molecular weight is 247 g/mol. The van der Waals surface area contributed by atoms with Crippen molar-refractivity contribution < 1.29 is 4.74 Å². The number of hydrogen-bond donors (Lipinski definition) is 1. The molecule has 0 unspecified atom stereocenters. The van der Waals surface area contributed by atoms with Crippen LogP contribution in [0.2, 0.25) is 10.0 Å². The molecule has 0 amide bonds. The van der Waals surface area contributed by atoms with Crippen LogP contribution in [0.25, 0.3) is 0 Å². The topological polar surface area (TPSA) is 34.1 Å². The van der Waals surface area contributed by atoms with E-state index < -0.39 is 0 Å². The van der Waals surface area contributed by atoms with Crippen LogP contribution in [0.4, 0.5) is 5.82 Å². The van der Waals surface area contributed by atoms with Crippen molar-refractivity contribution in [3.8, 4) is 0 Å². The molecule has 1 N–H and O–H groups in total. The summed E-state index contributed by atoms with van der Waals surface area (Å²) < 4.78 is 5.19. The van der Waals surface area contributed by atoms with E-state index in [-0.39, 0.29) is 0 Å². The second kappa shape index (κ2) is 4.56. The molecule has 5 heteroatoms. The van der Waals surface area contributed by atoms with Gasteiger partial charge in [0.05, 0.1) is 16.1 Å². The molecule has 0 aliphatic heterocycles. The van der Waals surface area contributed by atoms with Crippen molar-refractivity contribution in [1.82, 2.24) is 4.98 Å². The van der Waals surface area contributed by atoms with E-state index in [4.69, 9.17) is 27.9 Å². The lowest BCUT2D eigenvalue weighted by molar-refractivity contribution is 0.0328. The quantitative estimate of drug-likeness (QED) is 0.891. The minimum atomic E-state index is 0.369. The fraction of sp³-hybridized carbons (Fsp3) is 0.500. The standard InChI is InChI=1S/C10H12Cl2N2O/c1-15-8-3-7(4-8)14-10-9(12)2-6(11)5-13-10/h2,5,7-8H,3-4H2,1H3,(H,13,14). The third-order valence-corrected chi connectivity index (χ3v) is 3.07. The summed E-state index contributed by atoms with van der Waals surface area (Å²) in [5, 5.41) is 4.37. The minimum Gasteiger partial charge on any atom is -0.381 e. The number of halogens is 2. The highest BCUT2D eigenvalue weighted by atomic mass is 35.5. The Morgan fingerprint density at radius 1 is 1.47 bits per heavy atom. The fourth-order valence-electron chi connectivity index (χ4n) is 1.59. The van der Waals surface area contributed by atoms with Crippen LogP contribution in [0.15, 0.2) is 12.3 Å². The number of nitrogens with zero attached hydrogens (tertiary/aromatic N) is 1. The van der Waals surface area contributed by atoms with Gasteiger partial charge in [0.25, 0.3) is 0 Å². The highest BCUT2D eigenvalue weighted by molar-refractivity contribution is 6.35. The van der Waals surface area contributed by atoms with Gasteiger partial charge in [0.15, 0.2) is 0 Å². The zero-order valence-corrected chi connectivity index (χ0v) is 9.85. The van der Waals surface area contributed by atoms with Crippen LogP contribution in [0.5, 0.6) is 0 Å². The number of rotatable bonds is 3. The first kappa shape index (κ1) is 11.0. The molecule has 0 radical (unpaired) electrons. The van der Waals surface area contributed by atoms with Gasteiger partial charge in [-0.25, -0.2) is 4.98 Å².